The Morgan fingerprint density at radius 2 is 1.83 bits per heavy atom. The van der Waals surface area contributed by atoms with E-state index in [-0.39, 0.29) is 0 Å². The monoisotopic (exact) mass is 324 g/mol. The molecular formula is C17H20N6O. The van der Waals surface area contributed by atoms with Crippen molar-refractivity contribution >= 4 is 28.6 Å². The van der Waals surface area contributed by atoms with Crippen LogP contribution >= 0.6 is 0 Å². The van der Waals surface area contributed by atoms with Crippen molar-refractivity contribution in [2.24, 2.45) is 0 Å². The molecule has 7 heteroatoms. The number of nitrogens with zero attached hydrogens (tertiary/aromatic N) is 4. The highest BCUT2D eigenvalue weighted by Crippen LogP contribution is 2.23. The number of unbranched alkanes of at least 4 members (excludes halogenated alkanes) is 1. The van der Waals surface area contributed by atoms with E-state index in [2.05, 4.69) is 37.5 Å². The molecule has 3 aromatic rings. The van der Waals surface area contributed by atoms with E-state index < -0.39 is 0 Å². The number of methoxy groups -OCH3 is 1. The minimum atomic E-state index is 0.549. The number of hydrogen-bond donors (Lipinski definition) is 2. The Kier molecular flexibility index (Phi) is 5.00. The largest absolute Gasteiger partial charge is 0.497 e. The lowest BCUT2D eigenvalue weighted by Gasteiger charge is -2.11. The normalized spacial score (nSPS) is 10.6. The number of anilines is 3. The van der Waals surface area contributed by atoms with Crippen molar-refractivity contribution in [3.63, 3.8) is 0 Å². The molecule has 0 radical (unpaired) electrons. The Morgan fingerprint density at radius 3 is 2.58 bits per heavy atom. The Bertz CT molecular complexity index is 806. The molecule has 0 aliphatic rings. The van der Waals surface area contributed by atoms with Crippen molar-refractivity contribution in [1.82, 2.24) is 19.9 Å². The first-order chi connectivity index (χ1) is 11.8. The Hall–Kier alpha value is -2.96. The summed E-state index contributed by atoms with van der Waals surface area (Å²) in [6, 6.07) is 7.62. The summed E-state index contributed by atoms with van der Waals surface area (Å²) in [7, 11) is 1.64. The highest BCUT2D eigenvalue weighted by Gasteiger charge is 2.10. The maximum absolute atomic E-state index is 5.18. The van der Waals surface area contributed by atoms with E-state index in [9.17, 15) is 0 Å². The lowest BCUT2D eigenvalue weighted by Crippen LogP contribution is -2.08. The van der Waals surface area contributed by atoms with Crippen molar-refractivity contribution < 1.29 is 4.74 Å². The molecule has 0 unspecified atom stereocenters. The number of ether oxygens (including phenoxy) is 1. The Balaban J connectivity index is 1.91. The van der Waals surface area contributed by atoms with Gasteiger partial charge >= 0.3 is 0 Å². The summed E-state index contributed by atoms with van der Waals surface area (Å²) in [6.45, 7) is 2.97. The molecule has 0 bridgehead atoms. The number of aromatic nitrogens is 4. The van der Waals surface area contributed by atoms with Crippen LogP contribution < -0.4 is 15.4 Å². The van der Waals surface area contributed by atoms with Crippen molar-refractivity contribution in [2.75, 3.05) is 24.3 Å². The number of rotatable bonds is 7. The second-order valence-corrected chi connectivity index (χ2v) is 5.26. The van der Waals surface area contributed by atoms with Crippen LogP contribution in [-0.4, -0.2) is 33.6 Å². The third kappa shape index (κ3) is 3.68. The molecule has 124 valence electrons. The van der Waals surface area contributed by atoms with Crippen LogP contribution in [0.4, 0.5) is 17.5 Å². The molecule has 0 fully saturated rings. The van der Waals surface area contributed by atoms with E-state index in [1.54, 1.807) is 19.5 Å². The minimum Gasteiger partial charge on any atom is -0.497 e. The van der Waals surface area contributed by atoms with Gasteiger partial charge in [0.2, 0.25) is 5.95 Å². The van der Waals surface area contributed by atoms with E-state index in [1.165, 1.54) is 0 Å². The fraction of sp³-hybridized carbons (Fsp3) is 0.294. The zero-order chi connectivity index (χ0) is 16.8. The van der Waals surface area contributed by atoms with Crippen LogP contribution in [-0.2, 0) is 0 Å². The maximum Gasteiger partial charge on any atom is 0.226 e. The van der Waals surface area contributed by atoms with Gasteiger partial charge in [-0.05, 0) is 30.7 Å². The number of nitrogens with one attached hydrogen (secondary N) is 2. The summed E-state index contributed by atoms with van der Waals surface area (Å²) >= 11 is 0. The van der Waals surface area contributed by atoms with Crippen LogP contribution in [0.2, 0.25) is 0 Å². The zero-order valence-electron chi connectivity index (χ0n) is 13.8. The standard InChI is InChI=1S/C17H20N6O/c1-3-4-9-20-17-22-15-14(18-10-11-19-15)16(23-17)21-12-5-7-13(24-2)8-6-12/h5-8,10-11H,3-4,9H2,1-2H3,(H2,19,20,21,22,23). The molecule has 1 aromatic carbocycles. The van der Waals surface area contributed by atoms with Crippen LogP contribution in [0.25, 0.3) is 11.2 Å². The van der Waals surface area contributed by atoms with Gasteiger partial charge in [-0.25, -0.2) is 9.97 Å². The molecule has 0 atom stereocenters. The molecular weight excluding hydrogens is 304 g/mol. The summed E-state index contributed by atoms with van der Waals surface area (Å²) in [6.07, 6.45) is 5.43. The lowest BCUT2D eigenvalue weighted by atomic mass is 10.3. The Labute approximate surface area is 140 Å². The number of hydrogen-bond acceptors (Lipinski definition) is 7. The molecule has 0 amide bonds. The first kappa shape index (κ1) is 15.9. The Morgan fingerprint density at radius 1 is 1.04 bits per heavy atom. The molecule has 2 N–H and O–H groups in total. The van der Waals surface area contributed by atoms with Crippen molar-refractivity contribution in [1.29, 1.82) is 0 Å². The van der Waals surface area contributed by atoms with Crippen LogP contribution in [0, 0.1) is 0 Å². The molecule has 0 aliphatic heterocycles. The fourth-order valence-electron chi connectivity index (χ4n) is 2.22. The molecule has 0 saturated heterocycles. The minimum absolute atomic E-state index is 0.549. The second-order valence-electron chi connectivity index (χ2n) is 5.26. The average molecular weight is 324 g/mol. The topological polar surface area (TPSA) is 84.9 Å². The predicted octanol–water partition coefficient (Wildman–Crippen LogP) is 3.38. The lowest BCUT2D eigenvalue weighted by molar-refractivity contribution is 0.415. The fourth-order valence-corrected chi connectivity index (χ4v) is 2.22. The van der Waals surface area contributed by atoms with Gasteiger partial charge in [-0.1, -0.05) is 13.3 Å². The molecule has 7 nitrogen and oxygen atoms in total. The zero-order valence-corrected chi connectivity index (χ0v) is 13.8. The van der Waals surface area contributed by atoms with Crippen LogP contribution in [0.5, 0.6) is 5.75 Å². The highest BCUT2D eigenvalue weighted by molar-refractivity contribution is 5.85. The van der Waals surface area contributed by atoms with E-state index >= 15 is 0 Å². The summed E-state index contributed by atoms with van der Waals surface area (Å²) in [4.78, 5) is 17.6. The predicted molar refractivity (Wildman–Crippen MR) is 94.8 cm³/mol. The number of fused-ring (bicyclic) bond motifs is 1. The maximum atomic E-state index is 5.18. The van der Waals surface area contributed by atoms with E-state index in [4.69, 9.17) is 4.74 Å². The molecule has 2 heterocycles. The van der Waals surface area contributed by atoms with E-state index in [0.717, 1.165) is 30.8 Å². The van der Waals surface area contributed by atoms with Gasteiger partial charge in [0.15, 0.2) is 17.0 Å². The number of benzene rings is 1. The summed E-state index contributed by atoms with van der Waals surface area (Å²) in [5.41, 5.74) is 2.08. The van der Waals surface area contributed by atoms with Crippen LogP contribution in [0.15, 0.2) is 36.7 Å². The van der Waals surface area contributed by atoms with Crippen LogP contribution in [0.3, 0.4) is 0 Å². The van der Waals surface area contributed by atoms with Gasteiger partial charge in [0.25, 0.3) is 0 Å². The van der Waals surface area contributed by atoms with Gasteiger partial charge in [0.05, 0.1) is 7.11 Å². The average Bonchev–Trinajstić information content (AvgIpc) is 2.63. The van der Waals surface area contributed by atoms with Gasteiger partial charge in [-0.2, -0.15) is 9.97 Å². The van der Waals surface area contributed by atoms with Gasteiger partial charge in [-0.3, -0.25) is 0 Å². The quantitative estimate of drug-likeness (QED) is 0.644. The van der Waals surface area contributed by atoms with Crippen LogP contribution in [0.1, 0.15) is 19.8 Å². The molecule has 0 spiro atoms. The first-order valence-electron chi connectivity index (χ1n) is 7.94. The molecule has 3 rings (SSSR count). The molecule has 24 heavy (non-hydrogen) atoms. The summed E-state index contributed by atoms with van der Waals surface area (Å²) < 4.78 is 5.18. The SMILES string of the molecule is CCCCNc1nc(Nc2ccc(OC)cc2)c2nccnc2n1. The van der Waals surface area contributed by atoms with E-state index in [1.807, 2.05) is 24.3 Å². The summed E-state index contributed by atoms with van der Waals surface area (Å²) in [5, 5.41) is 6.51. The smallest absolute Gasteiger partial charge is 0.226 e. The molecule has 2 aromatic heterocycles. The van der Waals surface area contributed by atoms with Crippen molar-refractivity contribution in [3.8, 4) is 5.75 Å². The third-order valence-corrected chi connectivity index (χ3v) is 3.50. The van der Waals surface area contributed by atoms with Crippen molar-refractivity contribution in [2.45, 2.75) is 19.8 Å². The van der Waals surface area contributed by atoms with Gasteiger partial charge in [0, 0.05) is 24.6 Å². The van der Waals surface area contributed by atoms with Gasteiger partial charge in [0.1, 0.15) is 5.75 Å². The second kappa shape index (κ2) is 7.54. The highest BCUT2D eigenvalue weighted by atomic mass is 16.5. The van der Waals surface area contributed by atoms with E-state index in [0.29, 0.717) is 22.9 Å². The summed E-state index contributed by atoms with van der Waals surface area (Å²) in [5.74, 6) is 1.97. The van der Waals surface area contributed by atoms with Crippen molar-refractivity contribution in [3.05, 3.63) is 36.7 Å². The van der Waals surface area contributed by atoms with Gasteiger partial charge in [-0.15, -0.1) is 0 Å². The molecule has 0 aliphatic carbocycles. The first-order valence-corrected chi connectivity index (χ1v) is 7.94. The van der Waals surface area contributed by atoms with Gasteiger partial charge < -0.3 is 15.4 Å². The molecule has 0 saturated carbocycles. The third-order valence-electron chi connectivity index (χ3n) is 3.50.